The number of halogens is 1. The van der Waals surface area contributed by atoms with Gasteiger partial charge in [0.15, 0.2) is 0 Å². The van der Waals surface area contributed by atoms with Gasteiger partial charge in [-0.05, 0) is 35.6 Å². The highest BCUT2D eigenvalue weighted by Crippen LogP contribution is 2.25. The number of aromatic nitrogens is 2. The minimum Gasteiger partial charge on any atom is -0.478 e. The highest BCUT2D eigenvalue weighted by atomic mass is 35.5. The monoisotopic (exact) mass is 458 g/mol. The van der Waals surface area contributed by atoms with E-state index in [2.05, 4.69) is 11.9 Å². The zero-order valence-corrected chi connectivity index (χ0v) is 18.6. The lowest BCUT2D eigenvalue weighted by molar-refractivity contribution is -0.132. The number of aliphatic carboxylic acids is 1. The van der Waals surface area contributed by atoms with E-state index >= 15 is 0 Å². The van der Waals surface area contributed by atoms with E-state index in [9.17, 15) is 19.8 Å². The maximum atomic E-state index is 11.9. The fraction of sp³-hybridized carbons (Fsp3) is 0.261. The normalized spacial score (nSPS) is 11.6. The third kappa shape index (κ3) is 5.62. The van der Waals surface area contributed by atoms with Gasteiger partial charge in [-0.1, -0.05) is 43.1 Å². The first-order valence-electron chi connectivity index (χ1n) is 9.92. The Balaban J connectivity index is 2.02. The average molecular weight is 459 g/mol. The highest BCUT2D eigenvalue weighted by molar-refractivity contribution is 7.09. The average Bonchev–Trinajstić information content (AvgIpc) is 3.37. The van der Waals surface area contributed by atoms with E-state index in [0.717, 1.165) is 30.0 Å². The van der Waals surface area contributed by atoms with Crippen LogP contribution in [-0.4, -0.2) is 31.7 Å². The molecule has 2 heterocycles. The topological polar surface area (TPSA) is 92.4 Å². The lowest BCUT2D eigenvalue weighted by atomic mass is 10.1. The number of hydrogen-bond donors (Lipinski definition) is 2. The molecule has 6 nitrogen and oxygen atoms in total. The van der Waals surface area contributed by atoms with Gasteiger partial charge in [-0.3, -0.25) is 0 Å². The summed E-state index contributed by atoms with van der Waals surface area (Å²) in [4.78, 5) is 28.8. The van der Waals surface area contributed by atoms with Crippen molar-refractivity contribution in [2.24, 2.45) is 0 Å². The van der Waals surface area contributed by atoms with Crippen LogP contribution in [0.1, 0.15) is 52.1 Å². The van der Waals surface area contributed by atoms with Crippen LogP contribution in [0.15, 0.2) is 47.5 Å². The number of hydrogen-bond acceptors (Lipinski definition) is 4. The van der Waals surface area contributed by atoms with E-state index in [1.807, 2.05) is 22.1 Å². The molecule has 0 fully saturated rings. The van der Waals surface area contributed by atoms with Crippen molar-refractivity contribution >= 4 is 41.0 Å². The molecule has 0 aliphatic rings. The van der Waals surface area contributed by atoms with Gasteiger partial charge < -0.3 is 14.8 Å². The summed E-state index contributed by atoms with van der Waals surface area (Å²) in [6.07, 6.45) is 6.28. The molecule has 0 bridgehead atoms. The fourth-order valence-electron chi connectivity index (χ4n) is 3.27. The van der Waals surface area contributed by atoms with Crippen LogP contribution in [-0.2, 0) is 24.2 Å². The second-order valence-corrected chi connectivity index (χ2v) is 8.51. The fourth-order valence-corrected chi connectivity index (χ4v) is 4.26. The molecule has 3 rings (SSSR count). The number of nitrogens with zero attached hydrogens (tertiary/aromatic N) is 2. The highest BCUT2D eigenvalue weighted by Gasteiger charge is 2.17. The maximum absolute atomic E-state index is 11.9. The van der Waals surface area contributed by atoms with E-state index in [4.69, 9.17) is 11.6 Å². The Morgan fingerprint density at radius 2 is 2.03 bits per heavy atom. The van der Waals surface area contributed by atoms with Gasteiger partial charge in [0.25, 0.3) is 0 Å². The molecule has 0 saturated heterocycles. The predicted octanol–water partition coefficient (Wildman–Crippen LogP) is 5.40. The van der Waals surface area contributed by atoms with Gasteiger partial charge in [0.05, 0.1) is 29.0 Å². The number of aromatic carboxylic acids is 1. The van der Waals surface area contributed by atoms with Crippen molar-refractivity contribution < 1.29 is 19.8 Å². The SMILES string of the molecule is CCCCc1ncc(C=C(Cc2cccs2)C(=O)O)n1Cc1cccc(C(=O)O)c1Cl. The Morgan fingerprint density at radius 3 is 2.68 bits per heavy atom. The largest absolute Gasteiger partial charge is 0.478 e. The number of unbranched alkanes of at least 4 members (excludes halogenated alkanes) is 1. The molecular formula is C23H23ClN2O4S. The summed E-state index contributed by atoms with van der Waals surface area (Å²) >= 11 is 7.87. The zero-order valence-electron chi connectivity index (χ0n) is 17.0. The summed E-state index contributed by atoms with van der Waals surface area (Å²) in [5.74, 6) is -1.26. The number of thiophene rings is 1. The molecule has 0 amide bonds. The Hall–Kier alpha value is -2.90. The smallest absolute Gasteiger partial charge is 0.337 e. The molecule has 0 aliphatic carbocycles. The van der Waals surface area contributed by atoms with Crippen LogP contribution < -0.4 is 0 Å². The molecule has 2 aromatic heterocycles. The van der Waals surface area contributed by atoms with E-state index < -0.39 is 11.9 Å². The summed E-state index contributed by atoms with van der Waals surface area (Å²) in [5, 5.41) is 21.2. The number of carboxylic acids is 2. The van der Waals surface area contributed by atoms with E-state index in [1.54, 1.807) is 24.4 Å². The minimum atomic E-state index is -1.09. The molecule has 0 atom stereocenters. The molecule has 3 aromatic rings. The quantitative estimate of drug-likeness (QED) is 0.397. The third-order valence-corrected chi connectivity index (χ3v) is 6.22. The Kier molecular flexibility index (Phi) is 7.65. The first-order chi connectivity index (χ1) is 14.9. The number of imidazole rings is 1. The number of benzene rings is 1. The van der Waals surface area contributed by atoms with Crippen molar-refractivity contribution in [3.8, 4) is 0 Å². The molecule has 0 radical (unpaired) electrons. The Labute approximate surface area is 189 Å². The molecular weight excluding hydrogens is 436 g/mol. The van der Waals surface area contributed by atoms with Crippen LogP contribution in [0.2, 0.25) is 5.02 Å². The number of rotatable bonds is 10. The van der Waals surface area contributed by atoms with Crippen molar-refractivity contribution in [1.29, 1.82) is 0 Å². The lowest BCUT2D eigenvalue weighted by Gasteiger charge is -2.13. The van der Waals surface area contributed by atoms with E-state index in [0.29, 0.717) is 24.2 Å². The molecule has 1 aromatic carbocycles. The summed E-state index contributed by atoms with van der Waals surface area (Å²) in [5.41, 5.74) is 1.59. The van der Waals surface area contributed by atoms with Gasteiger partial charge in [-0.2, -0.15) is 0 Å². The number of aryl methyl sites for hydroxylation is 1. The molecule has 162 valence electrons. The second kappa shape index (κ2) is 10.4. The van der Waals surface area contributed by atoms with Crippen molar-refractivity contribution in [3.63, 3.8) is 0 Å². The van der Waals surface area contributed by atoms with Crippen LogP contribution in [0.25, 0.3) is 6.08 Å². The molecule has 31 heavy (non-hydrogen) atoms. The predicted molar refractivity (Wildman–Crippen MR) is 122 cm³/mol. The Bertz CT molecular complexity index is 1100. The molecule has 2 N–H and O–H groups in total. The molecule has 0 unspecified atom stereocenters. The Morgan fingerprint density at radius 1 is 1.23 bits per heavy atom. The van der Waals surface area contributed by atoms with Gasteiger partial charge >= 0.3 is 11.9 Å². The van der Waals surface area contributed by atoms with Crippen LogP contribution in [0.4, 0.5) is 0 Å². The summed E-state index contributed by atoms with van der Waals surface area (Å²) in [7, 11) is 0. The van der Waals surface area contributed by atoms with Crippen molar-refractivity contribution in [3.05, 3.63) is 80.0 Å². The molecule has 0 spiro atoms. The van der Waals surface area contributed by atoms with Crippen molar-refractivity contribution in [2.75, 3.05) is 0 Å². The minimum absolute atomic E-state index is 0.0374. The first kappa shape index (κ1) is 22.8. The van der Waals surface area contributed by atoms with Crippen molar-refractivity contribution in [1.82, 2.24) is 9.55 Å². The molecule has 0 aliphatic heterocycles. The van der Waals surface area contributed by atoms with E-state index in [-0.39, 0.29) is 16.2 Å². The lowest BCUT2D eigenvalue weighted by Crippen LogP contribution is -2.10. The van der Waals surface area contributed by atoms with Crippen LogP contribution in [0.5, 0.6) is 0 Å². The summed E-state index contributed by atoms with van der Waals surface area (Å²) in [6.45, 7) is 2.39. The van der Waals surface area contributed by atoms with Crippen LogP contribution in [0.3, 0.4) is 0 Å². The maximum Gasteiger partial charge on any atom is 0.337 e. The van der Waals surface area contributed by atoms with Gasteiger partial charge in [0.1, 0.15) is 5.82 Å². The first-order valence-corrected chi connectivity index (χ1v) is 11.2. The standard InChI is InChI=1S/C23H23ClN2O4S/c1-2-3-9-20-25-13-17(11-16(22(27)28)12-18-7-5-10-31-18)26(20)14-15-6-4-8-19(21(15)24)23(29)30/h4-8,10-11,13H,2-3,9,12,14H2,1H3,(H,27,28)(H,29,30). The summed E-state index contributed by atoms with van der Waals surface area (Å²) in [6, 6.07) is 8.69. The molecule has 0 saturated carbocycles. The van der Waals surface area contributed by atoms with Gasteiger partial charge in [0, 0.05) is 23.3 Å². The van der Waals surface area contributed by atoms with Gasteiger partial charge in [0.2, 0.25) is 0 Å². The van der Waals surface area contributed by atoms with E-state index in [1.165, 1.54) is 17.4 Å². The van der Waals surface area contributed by atoms with Crippen LogP contribution >= 0.6 is 22.9 Å². The molecule has 8 heteroatoms. The zero-order chi connectivity index (χ0) is 22.4. The number of carboxylic acid groups (broad SMARTS) is 2. The van der Waals surface area contributed by atoms with Crippen LogP contribution in [0, 0.1) is 0 Å². The summed E-state index contributed by atoms with van der Waals surface area (Å²) < 4.78 is 1.92. The van der Waals surface area contributed by atoms with Crippen molar-refractivity contribution in [2.45, 2.75) is 39.2 Å². The van der Waals surface area contributed by atoms with Gasteiger partial charge in [-0.25, -0.2) is 14.6 Å². The van der Waals surface area contributed by atoms with Gasteiger partial charge in [-0.15, -0.1) is 11.3 Å². The number of carbonyl (C=O) groups is 2. The second-order valence-electron chi connectivity index (χ2n) is 7.10. The third-order valence-electron chi connectivity index (χ3n) is 4.90.